The van der Waals surface area contributed by atoms with Gasteiger partial charge in [-0.2, -0.15) is 8.42 Å². The number of benzene rings is 1. The first-order chi connectivity index (χ1) is 7.00. The molecular weight excluding hydrogens is 214 g/mol. The van der Waals surface area contributed by atoms with Crippen LogP contribution in [0.15, 0.2) is 35.4 Å². The van der Waals surface area contributed by atoms with Gasteiger partial charge in [-0.25, -0.2) is 0 Å². The number of hydrogen-bond acceptors (Lipinski definition) is 3. The van der Waals surface area contributed by atoms with Gasteiger partial charge in [-0.15, -0.1) is 0 Å². The van der Waals surface area contributed by atoms with E-state index in [-0.39, 0.29) is 4.90 Å². The molecular formula is C10H9NO3S. The summed E-state index contributed by atoms with van der Waals surface area (Å²) in [5, 5.41) is 0.444. The largest absolute Gasteiger partial charge is 0.295 e. The van der Waals surface area contributed by atoms with Gasteiger partial charge in [0.05, 0.1) is 5.52 Å². The van der Waals surface area contributed by atoms with Crippen LogP contribution >= 0.6 is 0 Å². The van der Waals surface area contributed by atoms with Gasteiger partial charge in [0.25, 0.3) is 10.1 Å². The van der Waals surface area contributed by atoms with Crippen molar-refractivity contribution < 1.29 is 13.0 Å². The van der Waals surface area contributed by atoms with Crippen LogP contribution in [0, 0.1) is 6.92 Å². The van der Waals surface area contributed by atoms with E-state index >= 15 is 0 Å². The minimum atomic E-state index is -4.20. The van der Waals surface area contributed by atoms with Gasteiger partial charge in [0.2, 0.25) is 0 Å². The van der Waals surface area contributed by atoms with Crippen molar-refractivity contribution in [3.63, 3.8) is 0 Å². The summed E-state index contributed by atoms with van der Waals surface area (Å²) in [4.78, 5) is 3.96. The second kappa shape index (κ2) is 3.29. The van der Waals surface area contributed by atoms with Crippen LogP contribution in [0.1, 0.15) is 5.56 Å². The molecule has 0 aliphatic heterocycles. The third kappa shape index (κ3) is 1.71. The summed E-state index contributed by atoms with van der Waals surface area (Å²) in [6.07, 6.45) is 1.57. The highest BCUT2D eigenvalue weighted by Crippen LogP contribution is 2.24. The Morgan fingerprint density at radius 2 is 2.00 bits per heavy atom. The monoisotopic (exact) mass is 223 g/mol. The van der Waals surface area contributed by atoms with Crippen LogP contribution in [-0.4, -0.2) is 18.0 Å². The molecule has 0 aliphatic rings. The third-order valence-corrected chi connectivity index (χ3v) is 3.25. The summed E-state index contributed by atoms with van der Waals surface area (Å²) in [5.74, 6) is 0. The van der Waals surface area contributed by atoms with Gasteiger partial charge in [0.15, 0.2) is 0 Å². The maximum absolute atomic E-state index is 11.2. The van der Waals surface area contributed by atoms with Crippen molar-refractivity contribution in [3.05, 3.63) is 36.0 Å². The molecule has 5 heteroatoms. The van der Waals surface area contributed by atoms with Gasteiger partial charge in [-0.05, 0) is 30.7 Å². The van der Waals surface area contributed by atoms with E-state index in [9.17, 15) is 8.42 Å². The van der Waals surface area contributed by atoms with E-state index in [1.807, 2.05) is 0 Å². The topological polar surface area (TPSA) is 67.3 Å². The third-order valence-electron chi connectivity index (χ3n) is 2.19. The molecule has 2 rings (SSSR count). The summed E-state index contributed by atoms with van der Waals surface area (Å²) in [6.45, 7) is 1.63. The van der Waals surface area contributed by atoms with E-state index in [1.54, 1.807) is 37.4 Å². The first-order valence-corrected chi connectivity index (χ1v) is 5.76. The average molecular weight is 223 g/mol. The van der Waals surface area contributed by atoms with Gasteiger partial charge in [0, 0.05) is 11.6 Å². The Labute approximate surface area is 87.3 Å². The van der Waals surface area contributed by atoms with Crippen LogP contribution in [-0.2, 0) is 10.1 Å². The Morgan fingerprint density at radius 3 is 2.67 bits per heavy atom. The number of hydrogen-bond donors (Lipinski definition) is 1. The molecule has 0 saturated heterocycles. The number of fused-ring (bicyclic) bond motifs is 1. The Hall–Kier alpha value is -1.46. The lowest BCUT2D eigenvalue weighted by Gasteiger charge is -2.05. The van der Waals surface area contributed by atoms with E-state index in [4.69, 9.17) is 4.55 Å². The molecule has 0 saturated carbocycles. The molecule has 4 nitrogen and oxygen atoms in total. The van der Waals surface area contributed by atoms with Crippen molar-refractivity contribution in [1.82, 2.24) is 4.98 Å². The van der Waals surface area contributed by atoms with E-state index in [1.165, 1.54) is 0 Å². The molecule has 2 aromatic rings. The predicted molar refractivity (Wildman–Crippen MR) is 56.3 cm³/mol. The molecule has 1 aromatic heterocycles. The number of aromatic nitrogens is 1. The fourth-order valence-corrected chi connectivity index (χ4v) is 2.50. The van der Waals surface area contributed by atoms with E-state index in [0.717, 1.165) is 0 Å². The molecule has 0 bridgehead atoms. The van der Waals surface area contributed by atoms with E-state index in [0.29, 0.717) is 16.5 Å². The molecule has 1 aromatic carbocycles. The second-order valence-corrected chi connectivity index (χ2v) is 4.62. The quantitative estimate of drug-likeness (QED) is 0.748. The fourth-order valence-electron chi connectivity index (χ4n) is 1.58. The Morgan fingerprint density at radius 1 is 1.27 bits per heavy atom. The van der Waals surface area contributed by atoms with Crippen molar-refractivity contribution >= 4 is 21.0 Å². The standard InChI is InChI=1S/C10H9NO3S/c1-7-4-5-9-8(3-2-6-11-9)10(7)15(12,13)14/h2-6H,1H3,(H,12,13,14). The second-order valence-electron chi connectivity index (χ2n) is 3.26. The lowest BCUT2D eigenvalue weighted by atomic mass is 10.1. The number of nitrogens with zero attached hydrogens (tertiary/aromatic N) is 1. The van der Waals surface area contributed by atoms with E-state index < -0.39 is 10.1 Å². The van der Waals surface area contributed by atoms with Crippen molar-refractivity contribution in [3.8, 4) is 0 Å². The molecule has 0 fully saturated rings. The zero-order valence-electron chi connectivity index (χ0n) is 8.01. The highest BCUT2D eigenvalue weighted by molar-refractivity contribution is 7.86. The van der Waals surface area contributed by atoms with Gasteiger partial charge in [-0.1, -0.05) is 6.07 Å². The molecule has 0 aliphatic carbocycles. The summed E-state index contributed by atoms with van der Waals surface area (Å²) in [6, 6.07) is 6.60. The summed E-state index contributed by atoms with van der Waals surface area (Å²) >= 11 is 0. The Bertz CT molecular complexity index is 620. The van der Waals surface area contributed by atoms with Crippen LogP contribution in [0.3, 0.4) is 0 Å². The molecule has 0 atom stereocenters. The molecule has 0 radical (unpaired) electrons. The van der Waals surface area contributed by atoms with Crippen molar-refractivity contribution in [2.45, 2.75) is 11.8 Å². The summed E-state index contributed by atoms with van der Waals surface area (Å²) in [7, 11) is -4.20. The molecule has 1 heterocycles. The zero-order valence-corrected chi connectivity index (χ0v) is 8.82. The minimum Gasteiger partial charge on any atom is -0.282 e. The molecule has 78 valence electrons. The number of pyridine rings is 1. The van der Waals surface area contributed by atoms with Crippen LogP contribution in [0.2, 0.25) is 0 Å². The average Bonchev–Trinajstić information content (AvgIpc) is 2.15. The molecule has 0 unspecified atom stereocenters. The first-order valence-electron chi connectivity index (χ1n) is 4.32. The molecule has 0 amide bonds. The highest BCUT2D eigenvalue weighted by Gasteiger charge is 2.16. The van der Waals surface area contributed by atoms with Gasteiger partial charge >= 0.3 is 0 Å². The van der Waals surface area contributed by atoms with Crippen molar-refractivity contribution in [2.24, 2.45) is 0 Å². The van der Waals surface area contributed by atoms with Gasteiger partial charge in [-0.3, -0.25) is 9.54 Å². The number of rotatable bonds is 1. The summed E-state index contributed by atoms with van der Waals surface area (Å²) in [5.41, 5.74) is 1.06. The normalized spacial score (nSPS) is 11.9. The smallest absolute Gasteiger partial charge is 0.282 e. The van der Waals surface area contributed by atoms with Crippen LogP contribution in [0.4, 0.5) is 0 Å². The molecule has 1 N–H and O–H groups in total. The zero-order chi connectivity index (χ0) is 11.1. The molecule has 0 spiro atoms. The van der Waals surface area contributed by atoms with Crippen molar-refractivity contribution in [2.75, 3.05) is 0 Å². The Balaban J connectivity index is 2.99. The van der Waals surface area contributed by atoms with E-state index in [2.05, 4.69) is 4.98 Å². The first kappa shape index (κ1) is 10.1. The van der Waals surface area contributed by atoms with Crippen LogP contribution in [0.5, 0.6) is 0 Å². The lowest BCUT2D eigenvalue weighted by Crippen LogP contribution is -2.02. The number of aryl methyl sites for hydroxylation is 1. The lowest BCUT2D eigenvalue weighted by molar-refractivity contribution is 0.483. The highest BCUT2D eigenvalue weighted by atomic mass is 32.2. The van der Waals surface area contributed by atoms with Gasteiger partial charge in [0.1, 0.15) is 4.90 Å². The van der Waals surface area contributed by atoms with Crippen molar-refractivity contribution in [1.29, 1.82) is 0 Å². The maximum atomic E-state index is 11.2. The van der Waals surface area contributed by atoms with Gasteiger partial charge < -0.3 is 0 Å². The van der Waals surface area contributed by atoms with Crippen LogP contribution in [0.25, 0.3) is 10.9 Å². The predicted octanol–water partition coefficient (Wildman–Crippen LogP) is 1.79. The minimum absolute atomic E-state index is 0.0619. The molecule has 15 heavy (non-hydrogen) atoms. The SMILES string of the molecule is Cc1ccc2ncccc2c1S(=O)(=O)O. The fraction of sp³-hybridized carbons (Fsp3) is 0.100. The Kier molecular flexibility index (Phi) is 2.21. The summed E-state index contributed by atoms with van der Waals surface area (Å²) < 4.78 is 31.5. The van der Waals surface area contributed by atoms with Crippen LogP contribution < -0.4 is 0 Å². The maximum Gasteiger partial charge on any atom is 0.295 e.